The van der Waals surface area contributed by atoms with Crippen LogP contribution in [0, 0.1) is 0 Å². The van der Waals surface area contributed by atoms with Gasteiger partial charge in [0.2, 0.25) is 10.0 Å². The van der Waals surface area contributed by atoms with Gasteiger partial charge in [0.1, 0.15) is 11.5 Å². The number of carbonyl (C=O) groups excluding carboxylic acids is 1. The normalized spacial score (nSPS) is 17.3. The van der Waals surface area contributed by atoms with E-state index < -0.39 is 48.9 Å². The number of alkyl halides is 3. The Morgan fingerprint density at radius 2 is 1.64 bits per heavy atom. The summed E-state index contributed by atoms with van der Waals surface area (Å²) in [6.07, 6.45) is -4.90. The van der Waals surface area contributed by atoms with Crippen molar-refractivity contribution in [2.24, 2.45) is 0 Å². The largest absolute Gasteiger partial charge is 0.573 e. The van der Waals surface area contributed by atoms with E-state index in [-0.39, 0.29) is 30.8 Å². The lowest BCUT2D eigenvalue weighted by atomic mass is 10.2. The van der Waals surface area contributed by atoms with E-state index in [1.165, 1.54) is 0 Å². The topological polar surface area (TPSA) is 107 Å². The molecule has 1 fully saturated rings. The first kappa shape index (κ1) is 22.4. The Morgan fingerprint density at radius 3 is 2.11 bits per heavy atom. The molecule has 0 saturated carbocycles. The molecule has 0 unspecified atom stereocenters. The first-order chi connectivity index (χ1) is 12.8. The molecule has 1 aromatic carbocycles. The molecule has 158 valence electrons. The van der Waals surface area contributed by atoms with Gasteiger partial charge < -0.3 is 9.47 Å². The van der Waals surface area contributed by atoms with Gasteiger partial charge in [-0.15, -0.1) is 13.2 Å². The third-order valence-electron chi connectivity index (χ3n) is 4.15. The van der Waals surface area contributed by atoms with E-state index in [2.05, 4.69) is 9.47 Å². The van der Waals surface area contributed by atoms with Gasteiger partial charge in [0.25, 0.3) is 0 Å². The van der Waals surface area contributed by atoms with Crippen molar-refractivity contribution in [2.45, 2.75) is 29.3 Å². The fourth-order valence-electron chi connectivity index (χ4n) is 2.73. The Morgan fingerprint density at radius 1 is 1.11 bits per heavy atom. The highest BCUT2D eigenvalue weighted by Crippen LogP contribution is 2.27. The molecular weight excluding hydrogens is 427 g/mol. The van der Waals surface area contributed by atoms with E-state index >= 15 is 0 Å². The number of rotatable bonds is 6. The van der Waals surface area contributed by atoms with Crippen molar-refractivity contribution in [2.75, 3.05) is 26.0 Å². The second-order valence-electron chi connectivity index (χ2n) is 6.01. The number of carbonyl (C=O) groups is 1. The summed E-state index contributed by atoms with van der Waals surface area (Å²) in [5.41, 5.74) is 0. The molecule has 1 aliphatic rings. The summed E-state index contributed by atoms with van der Waals surface area (Å²) in [4.78, 5) is 11.0. The Kier molecular flexibility index (Phi) is 6.61. The molecule has 0 atom stereocenters. The fraction of sp³-hybridized carbons (Fsp3) is 0.533. The summed E-state index contributed by atoms with van der Waals surface area (Å²) >= 11 is 0. The highest BCUT2D eigenvalue weighted by molar-refractivity contribution is 7.92. The first-order valence-corrected chi connectivity index (χ1v) is 11.1. The monoisotopic (exact) mass is 445 g/mol. The van der Waals surface area contributed by atoms with Gasteiger partial charge in [-0.3, -0.25) is 4.79 Å². The average Bonchev–Trinajstić information content (AvgIpc) is 2.60. The third kappa shape index (κ3) is 5.58. The van der Waals surface area contributed by atoms with Crippen molar-refractivity contribution >= 4 is 25.8 Å². The number of ether oxygens (including phenoxy) is 2. The summed E-state index contributed by atoms with van der Waals surface area (Å²) in [5, 5.41) is -0.874. The average molecular weight is 445 g/mol. The van der Waals surface area contributed by atoms with Gasteiger partial charge in [-0.1, -0.05) is 0 Å². The first-order valence-electron chi connectivity index (χ1n) is 7.99. The minimum atomic E-state index is -4.89. The number of sulfonamides is 1. The Labute approximate surface area is 160 Å². The van der Waals surface area contributed by atoms with Crippen molar-refractivity contribution in [1.29, 1.82) is 0 Å². The number of hydrogen-bond donors (Lipinski definition) is 0. The second-order valence-corrected chi connectivity index (χ2v) is 10.2. The molecule has 0 spiro atoms. The highest BCUT2D eigenvalue weighted by atomic mass is 32.2. The van der Waals surface area contributed by atoms with Gasteiger partial charge in [0.15, 0.2) is 9.84 Å². The van der Waals surface area contributed by atoms with Crippen LogP contribution in [0.4, 0.5) is 13.2 Å². The van der Waals surface area contributed by atoms with Crippen molar-refractivity contribution in [3.63, 3.8) is 0 Å². The summed E-state index contributed by atoms with van der Waals surface area (Å²) in [6.45, 7) is -0.206. The fourth-order valence-corrected chi connectivity index (χ4v) is 5.82. The quantitative estimate of drug-likeness (QED) is 0.608. The van der Waals surface area contributed by atoms with Gasteiger partial charge in [-0.25, -0.2) is 16.8 Å². The maximum atomic E-state index is 12.6. The van der Waals surface area contributed by atoms with E-state index in [0.717, 1.165) is 35.7 Å². The van der Waals surface area contributed by atoms with Crippen LogP contribution in [-0.4, -0.2) is 64.7 Å². The molecule has 8 nitrogen and oxygen atoms in total. The lowest BCUT2D eigenvalue weighted by Crippen LogP contribution is -2.43. The number of hydrogen-bond acceptors (Lipinski definition) is 7. The molecule has 0 aliphatic carbocycles. The maximum Gasteiger partial charge on any atom is 0.573 e. The summed E-state index contributed by atoms with van der Waals surface area (Å²) in [6, 6.07) is 3.73. The molecular formula is C15H18F3NO7S2. The van der Waals surface area contributed by atoms with Crippen LogP contribution in [0.1, 0.15) is 12.8 Å². The molecule has 28 heavy (non-hydrogen) atoms. The maximum absolute atomic E-state index is 12.6. The Hall–Kier alpha value is -1.86. The van der Waals surface area contributed by atoms with Gasteiger partial charge in [0.05, 0.1) is 17.3 Å². The third-order valence-corrected chi connectivity index (χ3v) is 8.19. The van der Waals surface area contributed by atoms with Crippen LogP contribution in [0.5, 0.6) is 5.75 Å². The van der Waals surface area contributed by atoms with Crippen molar-refractivity contribution in [3.8, 4) is 5.75 Å². The van der Waals surface area contributed by atoms with Gasteiger partial charge in [-0.2, -0.15) is 4.31 Å². The zero-order valence-electron chi connectivity index (χ0n) is 14.7. The van der Waals surface area contributed by atoms with E-state index in [0.29, 0.717) is 0 Å². The zero-order valence-corrected chi connectivity index (χ0v) is 16.3. The number of halogens is 3. The van der Waals surface area contributed by atoms with Crippen molar-refractivity contribution < 1.29 is 44.3 Å². The second kappa shape index (κ2) is 8.25. The van der Waals surface area contributed by atoms with Gasteiger partial charge in [0, 0.05) is 13.1 Å². The molecule has 1 heterocycles. The van der Waals surface area contributed by atoms with E-state index in [1.54, 1.807) is 0 Å². The minimum Gasteiger partial charge on any atom is -0.468 e. The van der Waals surface area contributed by atoms with Crippen LogP contribution in [-0.2, 0) is 29.4 Å². The smallest absolute Gasteiger partial charge is 0.468 e. The molecule has 2 rings (SSSR count). The molecule has 1 aromatic rings. The van der Waals surface area contributed by atoms with Gasteiger partial charge in [-0.05, 0) is 37.1 Å². The predicted octanol–water partition coefficient (Wildman–Crippen LogP) is 1.33. The molecule has 0 bridgehead atoms. The zero-order chi connectivity index (χ0) is 21.2. The van der Waals surface area contributed by atoms with E-state index in [1.807, 2.05) is 0 Å². The molecule has 13 heteroatoms. The molecule has 0 amide bonds. The number of benzene rings is 1. The van der Waals surface area contributed by atoms with Crippen LogP contribution < -0.4 is 4.74 Å². The number of nitrogens with zero attached hydrogens (tertiary/aromatic N) is 1. The molecule has 0 aromatic heterocycles. The van der Waals surface area contributed by atoms with Gasteiger partial charge >= 0.3 is 12.3 Å². The summed E-state index contributed by atoms with van der Waals surface area (Å²) in [5.74, 6) is -2.23. The highest BCUT2D eigenvalue weighted by Gasteiger charge is 2.36. The van der Waals surface area contributed by atoms with E-state index in [4.69, 9.17) is 0 Å². The van der Waals surface area contributed by atoms with Crippen LogP contribution in [0.25, 0.3) is 0 Å². The molecule has 1 aliphatic heterocycles. The minimum absolute atomic E-state index is 0.00612. The van der Waals surface area contributed by atoms with E-state index in [9.17, 15) is 34.8 Å². The van der Waals surface area contributed by atoms with Crippen LogP contribution in [0.15, 0.2) is 29.2 Å². The molecule has 0 N–H and O–H groups in total. The summed E-state index contributed by atoms with van der Waals surface area (Å²) < 4.78 is 95.1. The number of sulfone groups is 1. The van der Waals surface area contributed by atoms with Crippen LogP contribution >= 0.6 is 0 Å². The standard InChI is InChI=1S/C15H18F3NO7S2/c1-25-14(20)10-27(21,22)12-6-8-19(9-7-12)28(23,24)13-4-2-11(3-5-13)26-15(16,17)18/h2-5,12H,6-10H2,1H3. The van der Waals surface area contributed by atoms with Crippen molar-refractivity contribution in [1.82, 2.24) is 4.31 Å². The number of piperidine rings is 1. The molecule has 0 radical (unpaired) electrons. The SMILES string of the molecule is COC(=O)CS(=O)(=O)C1CCN(S(=O)(=O)c2ccc(OC(F)(F)F)cc2)CC1. The Balaban J connectivity index is 2.06. The lowest BCUT2D eigenvalue weighted by Gasteiger charge is -2.30. The number of esters is 1. The lowest BCUT2D eigenvalue weighted by molar-refractivity contribution is -0.274. The summed E-state index contributed by atoms with van der Waals surface area (Å²) in [7, 11) is -6.71. The molecule has 1 saturated heterocycles. The predicted molar refractivity (Wildman–Crippen MR) is 90.7 cm³/mol. The van der Waals surface area contributed by atoms with Crippen LogP contribution in [0.2, 0.25) is 0 Å². The van der Waals surface area contributed by atoms with Crippen LogP contribution in [0.3, 0.4) is 0 Å². The number of methoxy groups -OCH3 is 1. The van der Waals surface area contributed by atoms with Crippen molar-refractivity contribution in [3.05, 3.63) is 24.3 Å². The Bertz CT molecular complexity index is 904.